The maximum Gasteiger partial charge on any atom is 0.418 e. The van der Waals surface area contributed by atoms with E-state index in [1.165, 1.54) is 43.1 Å². The molecule has 27 heavy (non-hydrogen) atoms. The predicted molar refractivity (Wildman–Crippen MR) is 96.5 cm³/mol. The van der Waals surface area contributed by atoms with Crippen LogP contribution in [0.1, 0.15) is 5.56 Å². The van der Waals surface area contributed by atoms with E-state index in [9.17, 15) is 27.9 Å². The van der Waals surface area contributed by atoms with Gasteiger partial charge in [-0.2, -0.15) is 13.2 Å². The average molecular weight is 398 g/mol. The van der Waals surface area contributed by atoms with Crippen LogP contribution in [-0.4, -0.2) is 41.2 Å². The van der Waals surface area contributed by atoms with Gasteiger partial charge in [-0.05, 0) is 36.4 Å². The number of hydrogen-bond acceptors (Lipinski definition) is 4. The first-order valence-corrected chi connectivity index (χ1v) is 8.77. The Hall–Kier alpha value is -2.68. The molecule has 0 radical (unpaired) electrons. The van der Waals surface area contributed by atoms with E-state index in [-0.39, 0.29) is 29.6 Å². The molecule has 0 aliphatic carbocycles. The minimum atomic E-state index is -4.59. The molecular formula is C18H17F3N2O3S. The van der Waals surface area contributed by atoms with Crippen LogP contribution in [0.3, 0.4) is 0 Å². The number of carbonyl (C=O) groups excluding carboxylic acids is 2. The van der Waals surface area contributed by atoms with Gasteiger partial charge in [0.2, 0.25) is 11.8 Å². The molecule has 2 aromatic rings. The Labute approximate surface area is 158 Å². The lowest BCUT2D eigenvalue weighted by Crippen LogP contribution is -2.36. The molecule has 0 aromatic heterocycles. The number of nitrogens with zero attached hydrogens (tertiary/aromatic N) is 1. The lowest BCUT2D eigenvalue weighted by atomic mass is 10.1. The summed E-state index contributed by atoms with van der Waals surface area (Å²) in [7, 11) is 1.40. The minimum Gasteiger partial charge on any atom is -0.508 e. The summed E-state index contributed by atoms with van der Waals surface area (Å²) >= 11 is 1.22. The lowest BCUT2D eigenvalue weighted by molar-refractivity contribution is -0.137. The van der Waals surface area contributed by atoms with Gasteiger partial charge in [0.05, 0.1) is 23.5 Å². The largest absolute Gasteiger partial charge is 0.508 e. The first-order chi connectivity index (χ1) is 12.7. The molecule has 0 heterocycles. The molecule has 9 heteroatoms. The fraction of sp³-hybridized carbons (Fsp3) is 0.222. The van der Waals surface area contributed by atoms with Crippen molar-refractivity contribution in [1.29, 1.82) is 0 Å². The van der Waals surface area contributed by atoms with Crippen LogP contribution in [-0.2, 0) is 15.8 Å². The number of para-hydroxylation sites is 1. The van der Waals surface area contributed by atoms with Crippen molar-refractivity contribution in [1.82, 2.24) is 4.90 Å². The SMILES string of the molecule is CN(CC(=O)Nc1ccccc1C(F)(F)F)C(=O)CSc1ccc(O)cc1. The quantitative estimate of drug-likeness (QED) is 0.730. The van der Waals surface area contributed by atoms with Crippen molar-refractivity contribution in [2.24, 2.45) is 0 Å². The van der Waals surface area contributed by atoms with Gasteiger partial charge in [-0.1, -0.05) is 12.1 Å². The fourth-order valence-corrected chi connectivity index (χ4v) is 2.97. The van der Waals surface area contributed by atoms with E-state index in [0.717, 1.165) is 21.9 Å². The number of halogens is 3. The van der Waals surface area contributed by atoms with Crippen LogP contribution >= 0.6 is 11.8 Å². The molecule has 0 atom stereocenters. The molecular weight excluding hydrogens is 381 g/mol. The highest BCUT2D eigenvalue weighted by atomic mass is 32.2. The monoisotopic (exact) mass is 398 g/mol. The molecule has 0 bridgehead atoms. The number of hydrogen-bond donors (Lipinski definition) is 2. The average Bonchev–Trinajstić information content (AvgIpc) is 2.60. The van der Waals surface area contributed by atoms with E-state index in [2.05, 4.69) is 5.32 Å². The van der Waals surface area contributed by atoms with Crippen molar-refractivity contribution < 1.29 is 27.9 Å². The molecule has 0 aliphatic heterocycles. The molecule has 0 spiro atoms. The summed E-state index contributed by atoms with van der Waals surface area (Å²) in [5, 5.41) is 11.4. The number of amides is 2. The van der Waals surface area contributed by atoms with Crippen LogP contribution in [0, 0.1) is 0 Å². The Kier molecular flexibility index (Phi) is 6.73. The van der Waals surface area contributed by atoms with Crippen molar-refractivity contribution in [3.05, 3.63) is 54.1 Å². The number of likely N-dealkylation sites (N-methyl/N-ethyl adjacent to an activating group) is 1. The molecule has 0 saturated carbocycles. The Bertz CT molecular complexity index is 810. The van der Waals surface area contributed by atoms with E-state index in [1.807, 2.05) is 0 Å². The number of benzene rings is 2. The second-order valence-corrected chi connectivity index (χ2v) is 6.67. The summed E-state index contributed by atoms with van der Waals surface area (Å²) in [5.41, 5.74) is -1.30. The number of carbonyl (C=O) groups is 2. The molecule has 0 aliphatic rings. The van der Waals surface area contributed by atoms with Gasteiger partial charge >= 0.3 is 6.18 Å². The summed E-state index contributed by atoms with van der Waals surface area (Å²) in [4.78, 5) is 26.0. The topological polar surface area (TPSA) is 69.6 Å². The third-order valence-electron chi connectivity index (χ3n) is 3.51. The zero-order valence-electron chi connectivity index (χ0n) is 14.3. The Morgan fingerprint density at radius 2 is 1.74 bits per heavy atom. The van der Waals surface area contributed by atoms with Crippen molar-refractivity contribution in [3.63, 3.8) is 0 Å². The first kappa shape index (κ1) is 20.6. The van der Waals surface area contributed by atoms with Crippen LogP contribution in [0.2, 0.25) is 0 Å². The molecule has 0 fully saturated rings. The fourth-order valence-electron chi connectivity index (χ4n) is 2.13. The van der Waals surface area contributed by atoms with Crippen molar-refractivity contribution in [2.75, 3.05) is 24.7 Å². The molecule has 0 unspecified atom stereocenters. The number of anilines is 1. The molecule has 0 saturated heterocycles. The van der Waals surface area contributed by atoms with Gasteiger partial charge in [-0.15, -0.1) is 11.8 Å². The van der Waals surface area contributed by atoms with E-state index in [4.69, 9.17) is 0 Å². The summed E-state index contributed by atoms with van der Waals surface area (Å²) in [6.07, 6.45) is -4.59. The number of alkyl halides is 3. The maximum absolute atomic E-state index is 12.9. The third-order valence-corrected chi connectivity index (χ3v) is 4.51. The van der Waals surface area contributed by atoms with Gasteiger partial charge < -0.3 is 15.3 Å². The van der Waals surface area contributed by atoms with E-state index >= 15 is 0 Å². The normalized spacial score (nSPS) is 11.1. The smallest absolute Gasteiger partial charge is 0.418 e. The standard InChI is InChI=1S/C18H17F3N2O3S/c1-23(17(26)11-27-13-8-6-12(24)7-9-13)10-16(25)22-15-5-3-2-4-14(15)18(19,20)21/h2-9,24H,10-11H2,1H3,(H,22,25). The summed E-state index contributed by atoms with van der Waals surface area (Å²) < 4.78 is 38.8. The highest BCUT2D eigenvalue weighted by Crippen LogP contribution is 2.34. The zero-order valence-corrected chi connectivity index (χ0v) is 15.1. The van der Waals surface area contributed by atoms with Crippen molar-refractivity contribution in [3.8, 4) is 5.75 Å². The van der Waals surface area contributed by atoms with Crippen LogP contribution in [0.5, 0.6) is 5.75 Å². The number of phenolic OH excluding ortho intramolecular Hbond substituents is 1. The Balaban J connectivity index is 1.90. The second-order valence-electron chi connectivity index (χ2n) is 5.62. The van der Waals surface area contributed by atoms with Gasteiger partial charge in [-0.25, -0.2) is 0 Å². The number of nitrogens with one attached hydrogen (secondary N) is 1. The summed E-state index contributed by atoms with van der Waals surface area (Å²) in [6, 6.07) is 10.9. The molecule has 144 valence electrons. The predicted octanol–water partition coefficient (Wildman–Crippen LogP) is 3.60. The van der Waals surface area contributed by atoms with Crippen LogP contribution in [0.25, 0.3) is 0 Å². The van der Waals surface area contributed by atoms with Crippen molar-refractivity contribution >= 4 is 29.3 Å². The molecule has 2 amide bonds. The molecule has 5 nitrogen and oxygen atoms in total. The Morgan fingerprint density at radius 1 is 1.11 bits per heavy atom. The van der Waals surface area contributed by atoms with E-state index < -0.39 is 17.6 Å². The van der Waals surface area contributed by atoms with Crippen LogP contribution in [0.4, 0.5) is 18.9 Å². The van der Waals surface area contributed by atoms with E-state index in [0.29, 0.717) is 0 Å². The second kappa shape index (κ2) is 8.81. The van der Waals surface area contributed by atoms with Gasteiger partial charge in [0.25, 0.3) is 0 Å². The van der Waals surface area contributed by atoms with Gasteiger partial charge in [0.1, 0.15) is 5.75 Å². The molecule has 2 rings (SSSR count). The number of rotatable bonds is 6. The number of phenols is 1. The van der Waals surface area contributed by atoms with Gasteiger partial charge in [0, 0.05) is 11.9 Å². The summed E-state index contributed by atoms with van der Waals surface area (Å²) in [5.74, 6) is -0.920. The maximum atomic E-state index is 12.9. The van der Waals surface area contributed by atoms with Crippen LogP contribution < -0.4 is 5.32 Å². The first-order valence-electron chi connectivity index (χ1n) is 7.78. The zero-order chi connectivity index (χ0) is 20.0. The third kappa shape index (κ3) is 6.21. The Morgan fingerprint density at radius 3 is 2.37 bits per heavy atom. The molecule has 2 aromatic carbocycles. The van der Waals surface area contributed by atoms with Gasteiger partial charge in [0.15, 0.2) is 0 Å². The minimum absolute atomic E-state index is 0.0493. The van der Waals surface area contributed by atoms with E-state index in [1.54, 1.807) is 12.1 Å². The number of thioether (sulfide) groups is 1. The molecule has 2 N–H and O–H groups in total. The van der Waals surface area contributed by atoms with Crippen molar-refractivity contribution in [2.45, 2.75) is 11.1 Å². The lowest BCUT2D eigenvalue weighted by Gasteiger charge is -2.18. The highest BCUT2D eigenvalue weighted by molar-refractivity contribution is 8.00. The summed E-state index contributed by atoms with van der Waals surface area (Å²) in [6.45, 7) is -0.374. The van der Waals surface area contributed by atoms with Crippen LogP contribution in [0.15, 0.2) is 53.4 Å². The van der Waals surface area contributed by atoms with Gasteiger partial charge in [-0.3, -0.25) is 9.59 Å². The highest BCUT2D eigenvalue weighted by Gasteiger charge is 2.33. The number of aromatic hydroxyl groups is 1.